The van der Waals surface area contributed by atoms with E-state index in [-0.39, 0.29) is 5.82 Å². The van der Waals surface area contributed by atoms with Gasteiger partial charge in [-0.2, -0.15) is 0 Å². The minimum absolute atomic E-state index is 0.261. The molecular weight excluding hydrogens is 151 g/mol. The van der Waals surface area contributed by atoms with Crippen molar-refractivity contribution in [3.8, 4) is 11.8 Å². The van der Waals surface area contributed by atoms with E-state index < -0.39 is 0 Å². The molecule has 12 heavy (non-hydrogen) atoms. The molecule has 0 fully saturated rings. The van der Waals surface area contributed by atoms with Gasteiger partial charge in [0.1, 0.15) is 5.82 Å². The van der Waals surface area contributed by atoms with Gasteiger partial charge in [0.15, 0.2) is 0 Å². The van der Waals surface area contributed by atoms with Crippen molar-refractivity contribution in [3.63, 3.8) is 0 Å². The van der Waals surface area contributed by atoms with Gasteiger partial charge in [-0.25, -0.2) is 4.39 Å². The molecule has 0 aromatic heterocycles. The lowest BCUT2D eigenvalue weighted by Crippen LogP contribution is -1.76. The normalized spacial score (nSPS) is 8.50. The van der Waals surface area contributed by atoms with E-state index in [1.54, 1.807) is 12.1 Å². The van der Waals surface area contributed by atoms with Gasteiger partial charge in [-0.1, -0.05) is 24.5 Å². The predicted molar refractivity (Wildman–Crippen MR) is 48.1 cm³/mol. The van der Waals surface area contributed by atoms with Crippen molar-refractivity contribution in [1.29, 1.82) is 0 Å². The Hall–Kier alpha value is -1.55. The maximum Gasteiger partial charge on any atom is 0.124 e. The van der Waals surface area contributed by atoms with Gasteiger partial charge >= 0.3 is 0 Å². The van der Waals surface area contributed by atoms with Crippen LogP contribution in [0.15, 0.2) is 36.4 Å². The van der Waals surface area contributed by atoms with Gasteiger partial charge in [0, 0.05) is 5.56 Å². The molecule has 0 atom stereocenters. The summed E-state index contributed by atoms with van der Waals surface area (Å²) in [5, 5.41) is 0. The van der Waals surface area contributed by atoms with Crippen LogP contribution in [-0.2, 0) is 0 Å². The molecule has 0 heterocycles. The molecule has 0 nitrogen and oxygen atoms in total. The molecular formula is C11H9F. The van der Waals surface area contributed by atoms with E-state index >= 15 is 0 Å². The summed E-state index contributed by atoms with van der Waals surface area (Å²) in [7, 11) is 0. The Morgan fingerprint density at radius 3 is 2.83 bits per heavy atom. The monoisotopic (exact) mass is 160 g/mol. The van der Waals surface area contributed by atoms with Crippen LogP contribution in [0.25, 0.3) is 0 Å². The van der Waals surface area contributed by atoms with Crippen molar-refractivity contribution >= 4 is 0 Å². The first-order chi connectivity index (χ1) is 5.68. The van der Waals surface area contributed by atoms with Crippen LogP contribution in [-0.4, -0.2) is 0 Å². The lowest BCUT2D eigenvalue weighted by molar-refractivity contribution is 0.627. The Bertz CT molecular complexity index is 353. The molecule has 60 valence electrons. The molecule has 0 saturated heterocycles. The summed E-state index contributed by atoms with van der Waals surface area (Å²) in [6, 6.07) is 6.19. The third-order valence-corrected chi connectivity index (χ3v) is 1.24. The van der Waals surface area contributed by atoms with E-state index in [0.717, 1.165) is 5.57 Å². The van der Waals surface area contributed by atoms with Gasteiger partial charge in [0.2, 0.25) is 0 Å². The topological polar surface area (TPSA) is 0 Å². The standard InChI is InChI=1S/C11H9F/c1-9(2)6-7-10-4-3-5-11(12)8-10/h3-5,8H,1H2,2H3. The Morgan fingerprint density at radius 1 is 1.50 bits per heavy atom. The van der Waals surface area contributed by atoms with Gasteiger partial charge in [-0.05, 0) is 30.7 Å². The Morgan fingerprint density at radius 2 is 2.25 bits per heavy atom. The molecule has 1 rings (SSSR count). The maximum atomic E-state index is 12.6. The zero-order valence-electron chi connectivity index (χ0n) is 6.89. The first-order valence-electron chi connectivity index (χ1n) is 3.61. The van der Waals surface area contributed by atoms with E-state index in [4.69, 9.17) is 0 Å². The molecule has 1 aromatic carbocycles. The first-order valence-corrected chi connectivity index (χ1v) is 3.61. The van der Waals surface area contributed by atoms with Crippen LogP contribution >= 0.6 is 0 Å². The minimum Gasteiger partial charge on any atom is -0.207 e. The highest BCUT2D eigenvalue weighted by Crippen LogP contribution is 2.01. The molecule has 0 amide bonds. The fraction of sp³-hybridized carbons (Fsp3) is 0.0909. The van der Waals surface area contributed by atoms with Crippen molar-refractivity contribution in [2.75, 3.05) is 0 Å². The van der Waals surface area contributed by atoms with Gasteiger partial charge in [0.05, 0.1) is 0 Å². The number of hydrogen-bond acceptors (Lipinski definition) is 0. The van der Waals surface area contributed by atoms with Crippen LogP contribution in [0.1, 0.15) is 12.5 Å². The lowest BCUT2D eigenvalue weighted by Gasteiger charge is -1.88. The highest BCUT2D eigenvalue weighted by atomic mass is 19.1. The summed E-state index contributed by atoms with van der Waals surface area (Å²) in [6.07, 6.45) is 0. The largest absolute Gasteiger partial charge is 0.207 e. The minimum atomic E-state index is -0.261. The van der Waals surface area contributed by atoms with Crippen molar-refractivity contribution in [3.05, 3.63) is 47.8 Å². The lowest BCUT2D eigenvalue weighted by atomic mass is 10.2. The summed E-state index contributed by atoms with van der Waals surface area (Å²) in [5.74, 6) is 5.31. The molecule has 1 heteroatoms. The molecule has 0 radical (unpaired) electrons. The second-order valence-electron chi connectivity index (χ2n) is 2.54. The predicted octanol–water partition coefficient (Wildman–Crippen LogP) is 2.75. The molecule has 0 aliphatic heterocycles. The zero-order valence-corrected chi connectivity index (χ0v) is 6.89. The highest BCUT2D eigenvalue weighted by Gasteiger charge is 1.88. The third-order valence-electron chi connectivity index (χ3n) is 1.24. The summed E-state index contributed by atoms with van der Waals surface area (Å²) in [6.45, 7) is 5.44. The average molecular weight is 160 g/mol. The second kappa shape index (κ2) is 3.73. The maximum absolute atomic E-state index is 12.6. The van der Waals surface area contributed by atoms with Crippen LogP contribution in [0.4, 0.5) is 4.39 Å². The zero-order chi connectivity index (χ0) is 8.97. The van der Waals surface area contributed by atoms with E-state index in [1.807, 2.05) is 6.92 Å². The van der Waals surface area contributed by atoms with Crippen molar-refractivity contribution in [2.24, 2.45) is 0 Å². The third kappa shape index (κ3) is 2.59. The molecule has 0 bridgehead atoms. The highest BCUT2D eigenvalue weighted by molar-refractivity contribution is 5.39. The van der Waals surface area contributed by atoms with E-state index in [9.17, 15) is 4.39 Å². The van der Waals surface area contributed by atoms with Crippen LogP contribution < -0.4 is 0 Å². The number of rotatable bonds is 0. The van der Waals surface area contributed by atoms with Gasteiger partial charge in [-0.15, -0.1) is 0 Å². The van der Waals surface area contributed by atoms with E-state index in [2.05, 4.69) is 18.4 Å². The Balaban J connectivity index is 2.92. The summed E-state index contributed by atoms with van der Waals surface area (Å²) >= 11 is 0. The SMILES string of the molecule is C=C(C)C#Cc1cccc(F)c1. The Labute approximate surface area is 71.7 Å². The summed E-state index contributed by atoms with van der Waals surface area (Å²) < 4.78 is 12.6. The molecule has 1 aromatic rings. The van der Waals surface area contributed by atoms with Gasteiger partial charge < -0.3 is 0 Å². The number of halogens is 1. The number of benzene rings is 1. The van der Waals surface area contributed by atoms with Crippen molar-refractivity contribution in [2.45, 2.75) is 6.92 Å². The smallest absolute Gasteiger partial charge is 0.124 e. The van der Waals surface area contributed by atoms with Crippen LogP contribution in [0.5, 0.6) is 0 Å². The van der Waals surface area contributed by atoms with E-state index in [0.29, 0.717) is 5.56 Å². The fourth-order valence-corrected chi connectivity index (χ4v) is 0.745. The van der Waals surface area contributed by atoms with Gasteiger partial charge in [0.25, 0.3) is 0 Å². The van der Waals surface area contributed by atoms with Crippen LogP contribution in [0.3, 0.4) is 0 Å². The first kappa shape index (κ1) is 8.55. The Kier molecular flexibility index (Phi) is 2.66. The molecule has 0 saturated carbocycles. The second-order valence-corrected chi connectivity index (χ2v) is 2.54. The number of hydrogen-bond donors (Lipinski definition) is 0. The van der Waals surface area contributed by atoms with E-state index in [1.165, 1.54) is 12.1 Å². The molecule has 0 aliphatic rings. The molecule has 0 spiro atoms. The fourth-order valence-electron chi connectivity index (χ4n) is 0.745. The molecule has 0 unspecified atom stereocenters. The molecule has 0 aliphatic carbocycles. The average Bonchev–Trinajstić information content (AvgIpc) is 2.01. The van der Waals surface area contributed by atoms with Crippen LogP contribution in [0.2, 0.25) is 0 Å². The summed E-state index contributed by atoms with van der Waals surface area (Å²) in [5.41, 5.74) is 1.46. The van der Waals surface area contributed by atoms with Gasteiger partial charge in [-0.3, -0.25) is 0 Å². The van der Waals surface area contributed by atoms with Crippen molar-refractivity contribution in [1.82, 2.24) is 0 Å². The molecule has 0 N–H and O–H groups in total. The quantitative estimate of drug-likeness (QED) is 0.512. The van der Waals surface area contributed by atoms with Crippen LogP contribution in [0, 0.1) is 17.7 Å². The number of allylic oxidation sites excluding steroid dienone is 1. The summed E-state index contributed by atoms with van der Waals surface area (Å²) in [4.78, 5) is 0. The van der Waals surface area contributed by atoms with Crippen molar-refractivity contribution < 1.29 is 4.39 Å².